The molecule has 0 unspecified atom stereocenters. The van der Waals surface area contributed by atoms with Gasteiger partial charge in [-0.15, -0.1) is 0 Å². The molecule has 3 aromatic carbocycles. The second-order valence-electron chi connectivity index (χ2n) is 8.89. The number of morpholine rings is 1. The van der Waals surface area contributed by atoms with E-state index in [-0.39, 0.29) is 29.6 Å². The monoisotopic (exact) mass is 568 g/mol. The molecular weight excluding hydrogens is 540 g/mol. The fourth-order valence-corrected chi connectivity index (χ4v) is 5.63. The highest BCUT2D eigenvalue weighted by Crippen LogP contribution is 2.34. The van der Waals surface area contributed by atoms with E-state index in [0.717, 1.165) is 0 Å². The van der Waals surface area contributed by atoms with E-state index in [0.29, 0.717) is 54.8 Å². The Morgan fingerprint density at radius 3 is 2.55 bits per heavy atom. The van der Waals surface area contributed by atoms with Crippen molar-refractivity contribution in [3.8, 4) is 17.2 Å². The molecule has 0 radical (unpaired) electrons. The molecule has 1 saturated heterocycles. The Kier molecular flexibility index (Phi) is 7.94. The van der Waals surface area contributed by atoms with Crippen molar-refractivity contribution in [1.29, 1.82) is 0 Å². The number of nitrogens with zero attached hydrogens (tertiary/aromatic N) is 1. The maximum Gasteiger partial charge on any atom is 0.264 e. The molecule has 2 amide bonds. The lowest BCUT2D eigenvalue weighted by atomic mass is 10.2. The molecule has 210 valence electrons. The van der Waals surface area contributed by atoms with E-state index in [1.807, 2.05) is 4.90 Å². The number of carbonyl (C=O) groups excluding carboxylic acids is 2. The number of methoxy groups -OCH3 is 1. The zero-order chi connectivity index (χ0) is 28.1. The summed E-state index contributed by atoms with van der Waals surface area (Å²) in [6.45, 7) is 1.69. The summed E-state index contributed by atoms with van der Waals surface area (Å²) >= 11 is 0. The highest BCUT2D eigenvalue weighted by molar-refractivity contribution is 7.93. The fraction of sp³-hybridized carbons (Fsp3) is 0.259. The van der Waals surface area contributed by atoms with Crippen molar-refractivity contribution in [3.05, 3.63) is 66.2 Å². The van der Waals surface area contributed by atoms with E-state index in [4.69, 9.17) is 18.9 Å². The van der Waals surface area contributed by atoms with Crippen LogP contribution in [0.2, 0.25) is 0 Å². The van der Waals surface area contributed by atoms with Crippen LogP contribution in [-0.2, 0) is 19.6 Å². The number of nitrogens with one attached hydrogen (secondary N) is 3. The minimum Gasteiger partial charge on any atom is -0.495 e. The van der Waals surface area contributed by atoms with Gasteiger partial charge in [-0.1, -0.05) is 12.1 Å². The van der Waals surface area contributed by atoms with Crippen molar-refractivity contribution in [2.45, 2.75) is 4.90 Å². The van der Waals surface area contributed by atoms with Gasteiger partial charge in [-0.25, -0.2) is 8.42 Å². The Balaban J connectivity index is 1.33. The van der Waals surface area contributed by atoms with Crippen LogP contribution < -0.4 is 34.5 Å². The molecule has 3 N–H and O–H groups in total. The smallest absolute Gasteiger partial charge is 0.264 e. The third-order valence-electron chi connectivity index (χ3n) is 6.28. The van der Waals surface area contributed by atoms with Gasteiger partial charge in [0.15, 0.2) is 11.5 Å². The van der Waals surface area contributed by atoms with Crippen molar-refractivity contribution in [1.82, 2.24) is 5.32 Å². The number of hydrogen-bond donors (Lipinski definition) is 3. The van der Waals surface area contributed by atoms with Gasteiger partial charge < -0.3 is 34.5 Å². The summed E-state index contributed by atoms with van der Waals surface area (Å²) in [5.41, 5.74) is 1.31. The number of ether oxygens (including phenoxy) is 4. The number of para-hydroxylation sites is 2. The average molecular weight is 569 g/mol. The molecule has 5 rings (SSSR count). The minimum absolute atomic E-state index is 0.0255. The lowest BCUT2D eigenvalue weighted by Gasteiger charge is -2.30. The van der Waals surface area contributed by atoms with Crippen LogP contribution in [-0.4, -0.2) is 67.0 Å². The quantitative estimate of drug-likeness (QED) is 0.354. The average Bonchev–Trinajstić information content (AvgIpc) is 3.44. The molecule has 13 heteroatoms. The lowest BCUT2D eigenvalue weighted by Crippen LogP contribution is -2.37. The van der Waals surface area contributed by atoms with Crippen LogP contribution in [0.15, 0.2) is 65.6 Å². The van der Waals surface area contributed by atoms with Crippen LogP contribution in [0, 0.1) is 0 Å². The van der Waals surface area contributed by atoms with Crippen molar-refractivity contribution in [2.24, 2.45) is 0 Å². The molecule has 0 aromatic heterocycles. The van der Waals surface area contributed by atoms with Crippen molar-refractivity contribution in [3.63, 3.8) is 0 Å². The van der Waals surface area contributed by atoms with Gasteiger partial charge in [0.2, 0.25) is 12.7 Å². The number of amides is 2. The molecule has 2 heterocycles. The minimum atomic E-state index is -4.11. The van der Waals surface area contributed by atoms with Gasteiger partial charge in [0.1, 0.15) is 10.6 Å². The normalized spacial score (nSPS) is 14.4. The maximum atomic E-state index is 13.6. The second-order valence-corrected chi connectivity index (χ2v) is 10.5. The summed E-state index contributed by atoms with van der Waals surface area (Å²) in [5.74, 6) is 0.352. The summed E-state index contributed by atoms with van der Waals surface area (Å²) in [6.07, 6.45) is 0. The van der Waals surface area contributed by atoms with E-state index in [1.54, 1.807) is 48.5 Å². The molecule has 0 saturated carbocycles. The molecule has 0 aliphatic carbocycles. The summed E-state index contributed by atoms with van der Waals surface area (Å²) in [7, 11) is -2.65. The first-order valence-electron chi connectivity index (χ1n) is 12.4. The molecule has 0 bridgehead atoms. The van der Waals surface area contributed by atoms with Gasteiger partial charge in [0.25, 0.3) is 15.9 Å². The first-order valence-corrected chi connectivity index (χ1v) is 13.9. The fourth-order valence-electron chi connectivity index (χ4n) is 4.31. The number of hydrogen-bond acceptors (Lipinski definition) is 9. The summed E-state index contributed by atoms with van der Waals surface area (Å²) in [5, 5.41) is 5.21. The molecule has 12 nitrogen and oxygen atoms in total. The number of sulfonamides is 1. The Morgan fingerprint density at radius 2 is 1.75 bits per heavy atom. The molecule has 2 aliphatic heterocycles. The first kappa shape index (κ1) is 27.1. The lowest BCUT2D eigenvalue weighted by molar-refractivity contribution is -0.115. The van der Waals surface area contributed by atoms with Crippen LogP contribution in [0.4, 0.5) is 17.1 Å². The summed E-state index contributed by atoms with van der Waals surface area (Å²) in [6, 6.07) is 16.0. The third-order valence-corrected chi connectivity index (χ3v) is 7.68. The topological polar surface area (TPSA) is 145 Å². The zero-order valence-corrected chi connectivity index (χ0v) is 22.5. The standard InChI is InChI=1S/C27H28N4O8S/c1-36-22-5-3-2-4-20(22)30-40(34,35)25-15-19(7-8-21(25)31-10-12-37-13-11-31)29-26(32)16-28-27(33)18-6-9-23-24(14-18)39-17-38-23/h2-9,14-15,30H,10-13,16-17H2,1H3,(H,28,33)(H,29,32). The zero-order valence-electron chi connectivity index (χ0n) is 21.6. The van der Waals surface area contributed by atoms with Crippen LogP contribution in [0.25, 0.3) is 0 Å². The Morgan fingerprint density at radius 1 is 0.975 bits per heavy atom. The summed E-state index contributed by atoms with van der Waals surface area (Å²) in [4.78, 5) is 27.1. The number of fused-ring (bicyclic) bond motifs is 1. The second kappa shape index (κ2) is 11.7. The van der Waals surface area contributed by atoms with Gasteiger partial charge >= 0.3 is 0 Å². The largest absolute Gasteiger partial charge is 0.495 e. The highest BCUT2D eigenvalue weighted by atomic mass is 32.2. The van der Waals surface area contributed by atoms with Crippen molar-refractivity contribution >= 4 is 38.9 Å². The Bertz CT molecular complexity index is 1520. The molecular formula is C27H28N4O8S. The Labute approximate surface area is 231 Å². The number of anilines is 3. The molecule has 2 aliphatic rings. The van der Waals surface area contributed by atoms with Crippen LogP contribution in [0.5, 0.6) is 17.2 Å². The molecule has 3 aromatic rings. The third kappa shape index (κ3) is 6.05. The van der Waals surface area contributed by atoms with E-state index in [2.05, 4.69) is 15.4 Å². The van der Waals surface area contributed by atoms with Crippen LogP contribution in [0.3, 0.4) is 0 Å². The first-order chi connectivity index (χ1) is 19.3. The van der Waals surface area contributed by atoms with E-state index in [1.165, 1.54) is 19.2 Å². The number of benzene rings is 3. The SMILES string of the molecule is COc1ccccc1NS(=O)(=O)c1cc(NC(=O)CNC(=O)c2ccc3c(c2)OCO3)ccc1N1CCOCC1. The molecule has 0 atom stereocenters. The van der Waals surface area contributed by atoms with E-state index >= 15 is 0 Å². The number of carbonyl (C=O) groups is 2. The predicted molar refractivity (Wildman–Crippen MR) is 147 cm³/mol. The van der Waals surface area contributed by atoms with Crippen LogP contribution in [0.1, 0.15) is 10.4 Å². The van der Waals surface area contributed by atoms with E-state index < -0.39 is 21.8 Å². The highest BCUT2D eigenvalue weighted by Gasteiger charge is 2.25. The van der Waals surface area contributed by atoms with Crippen LogP contribution >= 0.6 is 0 Å². The van der Waals surface area contributed by atoms with Gasteiger partial charge in [0, 0.05) is 24.3 Å². The maximum absolute atomic E-state index is 13.6. The van der Waals surface area contributed by atoms with Gasteiger partial charge in [-0.2, -0.15) is 0 Å². The number of rotatable bonds is 9. The Hall–Kier alpha value is -4.49. The van der Waals surface area contributed by atoms with Gasteiger partial charge in [-0.3, -0.25) is 14.3 Å². The van der Waals surface area contributed by atoms with Gasteiger partial charge in [-0.05, 0) is 48.5 Å². The molecule has 1 fully saturated rings. The van der Waals surface area contributed by atoms with Crippen molar-refractivity contribution in [2.75, 3.05) is 61.7 Å². The molecule has 40 heavy (non-hydrogen) atoms. The van der Waals surface area contributed by atoms with E-state index in [9.17, 15) is 18.0 Å². The summed E-state index contributed by atoms with van der Waals surface area (Å²) < 4.78 is 51.0. The van der Waals surface area contributed by atoms with Crippen molar-refractivity contribution < 1.29 is 37.0 Å². The molecule has 0 spiro atoms. The van der Waals surface area contributed by atoms with Gasteiger partial charge in [0.05, 0.1) is 38.2 Å². The predicted octanol–water partition coefficient (Wildman–Crippen LogP) is 2.43.